The minimum absolute atomic E-state index is 0.0880. The Bertz CT molecular complexity index is 348. The van der Waals surface area contributed by atoms with Crippen molar-refractivity contribution in [1.29, 1.82) is 0 Å². The molecule has 4 heteroatoms. The summed E-state index contributed by atoms with van der Waals surface area (Å²) in [6.07, 6.45) is 0. The fraction of sp³-hybridized carbons (Fsp3) is 0.364. The van der Waals surface area contributed by atoms with Gasteiger partial charge in [0, 0.05) is 5.56 Å². The van der Waals surface area contributed by atoms with Crippen LogP contribution in [0.3, 0.4) is 0 Å². The quantitative estimate of drug-likeness (QED) is 0.343. The van der Waals surface area contributed by atoms with Gasteiger partial charge in [-0.2, -0.15) is 0 Å². The van der Waals surface area contributed by atoms with E-state index in [9.17, 15) is 0 Å². The second-order valence-electron chi connectivity index (χ2n) is 3.72. The first-order valence-corrected chi connectivity index (χ1v) is 4.84. The van der Waals surface area contributed by atoms with Crippen molar-refractivity contribution in [2.24, 2.45) is 16.8 Å². The second kappa shape index (κ2) is 5.24. The highest BCUT2D eigenvalue weighted by atomic mass is 16.5. The molecule has 1 rings (SSSR count). The van der Waals surface area contributed by atoms with Crippen LogP contribution in [0.25, 0.3) is 0 Å². The molecule has 0 fully saturated rings. The average molecular weight is 208 g/mol. The summed E-state index contributed by atoms with van der Waals surface area (Å²) in [4.78, 5) is 0. The monoisotopic (exact) mass is 208 g/mol. The molecule has 0 aromatic heterocycles. The molecule has 0 aliphatic rings. The number of hydrogen-bond acceptors (Lipinski definition) is 3. The van der Waals surface area contributed by atoms with Crippen molar-refractivity contribution in [3.8, 4) is 5.75 Å². The maximum atomic E-state index is 8.52. The van der Waals surface area contributed by atoms with Crippen LogP contribution < -0.4 is 10.5 Å². The molecule has 0 saturated heterocycles. The molecule has 0 saturated carbocycles. The molecule has 82 valence electrons. The predicted octanol–water partition coefficient (Wildman–Crippen LogP) is 1.82. The molecule has 3 N–H and O–H groups in total. The van der Waals surface area contributed by atoms with Crippen molar-refractivity contribution in [2.75, 3.05) is 6.61 Å². The van der Waals surface area contributed by atoms with Gasteiger partial charge >= 0.3 is 0 Å². The zero-order valence-electron chi connectivity index (χ0n) is 8.97. The van der Waals surface area contributed by atoms with Crippen LogP contribution in [0.1, 0.15) is 19.4 Å². The topological polar surface area (TPSA) is 67.8 Å². The average Bonchev–Trinajstić information content (AvgIpc) is 2.25. The first kappa shape index (κ1) is 11.4. The van der Waals surface area contributed by atoms with Crippen LogP contribution in [0, 0.1) is 5.92 Å². The summed E-state index contributed by atoms with van der Waals surface area (Å²) in [5.41, 5.74) is 6.12. The van der Waals surface area contributed by atoms with E-state index in [0.717, 1.165) is 5.75 Å². The summed E-state index contributed by atoms with van der Waals surface area (Å²) in [6.45, 7) is 4.81. The molecular formula is C11H16N2O2. The number of ether oxygens (including phenoxy) is 1. The molecule has 0 heterocycles. The first-order valence-electron chi connectivity index (χ1n) is 4.84. The van der Waals surface area contributed by atoms with E-state index in [2.05, 4.69) is 19.0 Å². The largest absolute Gasteiger partial charge is 0.493 e. The number of oxime groups is 1. The third-order valence-corrected chi connectivity index (χ3v) is 1.82. The lowest BCUT2D eigenvalue weighted by molar-refractivity contribution is 0.271. The van der Waals surface area contributed by atoms with Crippen LogP contribution in [0.5, 0.6) is 5.75 Å². The summed E-state index contributed by atoms with van der Waals surface area (Å²) >= 11 is 0. The molecule has 15 heavy (non-hydrogen) atoms. The Labute approximate surface area is 89.4 Å². The van der Waals surface area contributed by atoms with E-state index in [0.29, 0.717) is 18.1 Å². The molecule has 0 aliphatic heterocycles. The number of nitrogens with zero attached hydrogens (tertiary/aromatic N) is 1. The van der Waals surface area contributed by atoms with Gasteiger partial charge in [0.1, 0.15) is 5.75 Å². The van der Waals surface area contributed by atoms with Gasteiger partial charge in [0.15, 0.2) is 5.84 Å². The lowest BCUT2D eigenvalue weighted by atomic mass is 10.2. The highest BCUT2D eigenvalue weighted by Crippen LogP contribution is 2.14. The zero-order valence-corrected chi connectivity index (χ0v) is 8.97. The summed E-state index contributed by atoms with van der Waals surface area (Å²) in [6, 6.07) is 7.16. The molecule has 1 aromatic rings. The normalized spacial score (nSPS) is 11.8. The fourth-order valence-corrected chi connectivity index (χ4v) is 1.07. The van der Waals surface area contributed by atoms with E-state index in [1.807, 2.05) is 12.1 Å². The highest BCUT2D eigenvalue weighted by Gasteiger charge is 2.02. The van der Waals surface area contributed by atoms with Gasteiger partial charge in [0.2, 0.25) is 0 Å². The van der Waals surface area contributed by atoms with Crippen molar-refractivity contribution in [1.82, 2.24) is 0 Å². The molecular weight excluding hydrogens is 192 g/mol. The van der Waals surface area contributed by atoms with E-state index in [-0.39, 0.29) is 5.84 Å². The van der Waals surface area contributed by atoms with Gasteiger partial charge in [-0.15, -0.1) is 0 Å². The molecule has 0 atom stereocenters. The van der Waals surface area contributed by atoms with E-state index in [1.54, 1.807) is 12.1 Å². The summed E-state index contributed by atoms with van der Waals surface area (Å²) in [7, 11) is 0. The maximum Gasteiger partial charge on any atom is 0.170 e. The Morgan fingerprint density at radius 2 is 2.27 bits per heavy atom. The number of benzene rings is 1. The minimum atomic E-state index is 0.0880. The smallest absolute Gasteiger partial charge is 0.170 e. The highest BCUT2D eigenvalue weighted by molar-refractivity contribution is 5.97. The number of hydrogen-bond donors (Lipinski definition) is 2. The Morgan fingerprint density at radius 3 is 2.87 bits per heavy atom. The van der Waals surface area contributed by atoms with Gasteiger partial charge < -0.3 is 15.7 Å². The Balaban J connectivity index is 2.74. The van der Waals surface area contributed by atoms with Crippen molar-refractivity contribution >= 4 is 5.84 Å². The number of amidine groups is 1. The molecule has 0 bridgehead atoms. The van der Waals surface area contributed by atoms with Gasteiger partial charge in [-0.1, -0.05) is 31.1 Å². The standard InChI is InChI=1S/C11H16N2O2/c1-8(2)7-15-10-5-3-4-9(6-10)11(12)13-14/h3-6,8,14H,7H2,1-2H3,(H2,12,13). The van der Waals surface area contributed by atoms with Crippen molar-refractivity contribution in [3.63, 3.8) is 0 Å². The summed E-state index contributed by atoms with van der Waals surface area (Å²) in [5, 5.41) is 11.5. The third-order valence-electron chi connectivity index (χ3n) is 1.82. The van der Waals surface area contributed by atoms with Crippen LogP contribution in [0.4, 0.5) is 0 Å². The molecule has 0 radical (unpaired) electrons. The molecule has 4 nitrogen and oxygen atoms in total. The van der Waals surface area contributed by atoms with E-state index < -0.39 is 0 Å². The first-order chi connectivity index (χ1) is 7.13. The summed E-state index contributed by atoms with van der Waals surface area (Å²) in [5.74, 6) is 1.29. The van der Waals surface area contributed by atoms with Gasteiger partial charge in [0.25, 0.3) is 0 Å². The van der Waals surface area contributed by atoms with Crippen molar-refractivity contribution < 1.29 is 9.94 Å². The van der Waals surface area contributed by atoms with E-state index in [4.69, 9.17) is 15.7 Å². The van der Waals surface area contributed by atoms with Crippen LogP contribution >= 0.6 is 0 Å². The van der Waals surface area contributed by atoms with Gasteiger partial charge in [-0.3, -0.25) is 0 Å². The maximum absolute atomic E-state index is 8.52. The van der Waals surface area contributed by atoms with E-state index in [1.165, 1.54) is 0 Å². The molecule has 0 spiro atoms. The van der Waals surface area contributed by atoms with Crippen LogP contribution in [-0.2, 0) is 0 Å². The lowest BCUT2D eigenvalue weighted by Gasteiger charge is -2.09. The van der Waals surface area contributed by atoms with Crippen LogP contribution in [0.2, 0.25) is 0 Å². The van der Waals surface area contributed by atoms with Crippen molar-refractivity contribution in [2.45, 2.75) is 13.8 Å². The number of nitrogens with two attached hydrogens (primary N) is 1. The molecule has 1 aromatic carbocycles. The molecule has 0 aliphatic carbocycles. The predicted molar refractivity (Wildman–Crippen MR) is 59.3 cm³/mol. The molecule has 0 amide bonds. The third kappa shape index (κ3) is 3.50. The van der Waals surface area contributed by atoms with Crippen molar-refractivity contribution in [3.05, 3.63) is 29.8 Å². The summed E-state index contributed by atoms with van der Waals surface area (Å²) < 4.78 is 5.51. The van der Waals surface area contributed by atoms with Gasteiger partial charge in [-0.25, -0.2) is 0 Å². The Morgan fingerprint density at radius 1 is 1.53 bits per heavy atom. The zero-order chi connectivity index (χ0) is 11.3. The van der Waals surface area contributed by atoms with Gasteiger partial charge in [0.05, 0.1) is 6.61 Å². The Hall–Kier alpha value is -1.71. The minimum Gasteiger partial charge on any atom is -0.493 e. The van der Waals surface area contributed by atoms with E-state index >= 15 is 0 Å². The molecule has 0 unspecified atom stereocenters. The Kier molecular flexibility index (Phi) is 3.97. The fourth-order valence-electron chi connectivity index (χ4n) is 1.07. The number of rotatable bonds is 4. The van der Waals surface area contributed by atoms with Crippen LogP contribution in [0.15, 0.2) is 29.4 Å². The van der Waals surface area contributed by atoms with Gasteiger partial charge in [-0.05, 0) is 18.1 Å². The lowest BCUT2D eigenvalue weighted by Crippen LogP contribution is -2.13. The second-order valence-corrected chi connectivity index (χ2v) is 3.72. The van der Waals surface area contributed by atoms with Crippen LogP contribution in [-0.4, -0.2) is 17.6 Å². The SMILES string of the molecule is CC(C)COc1cccc(/C(N)=N/O)c1.